The van der Waals surface area contributed by atoms with Gasteiger partial charge in [-0.2, -0.15) is 12.6 Å². The number of aromatic nitrogens is 1. The molecule has 0 aliphatic carbocycles. The number of hydrogen-bond acceptors (Lipinski definition) is 3. The van der Waals surface area contributed by atoms with E-state index in [1.807, 2.05) is 18.5 Å². The lowest BCUT2D eigenvalue weighted by molar-refractivity contribution is 0.332. The van der Waals surface area contributed by atoms with E-state index >= 15 is 0 Å². The Labute approximate surface area is 84.4 Å². The SMILES string of the molecule is SC1CCN(Cc2cccnc2)C1. The van der Waals surface area contributed by atoms with Crippen LogP contribution in [0, 0.1) is 0 Å². The van der Waals surface area contributed by atoms with Gasteiger partial charge in [0.15, 0.2) is 0 Å². The summed E-state index contributed by atoms with van der Waals surface area (Å²) < 4.78 is 0. The Morgan fingerprint density at radius 3 is 3.15 bits per heavy atom. The monoisotopic (exact) mass is 194 g/mol. The van der Waals surface area contributed by atoms with Crippen molar-refractivity contribution in [1.29, 1.82) is 0 Å². The Kier molecular flexibility index (Phi) is 2.86. The fourth-order valence-corrected chi connectivity index (χ4v) is 2.05. The summed E-state index contributed by atoms with van der Waals surface area (Å²) in [6.45, 7) is 3.30. The van der Waals surface area contributed by atoms with Crippen LogP contribution in [0.2, 0.25) is 0 Å². The van der Waals surface area contributed by atoms with Crippen molar-refractivity contribution in [3.63, 3.8) is 0 Å². The standard InChI is InChI=1S/C10H14N2S/c13-10-3-5-12(8-10)7-9-2-1-4-11-6-9/h1-2,4,6,10,13H,3,5,7-8H2. The van der Waals surface area contributed by atoms with Crippen LogP contribution in [0.5, 0.6) is 0 Å². The highest BCUT2D eigenvalue weighted by Crippen LogP contribution is 2.16. The van der Waals surface area contributed by atoms with Gasteiger partial charge in [-0.3, -0.25) is 9.88 Å². The Hall–Kier alpha value is -0.540. The fourth-order valence-electron chi connectivity index (χ4n) is 1.71. The van der Waals surface area contributed by atoms with Crippen molar-refractivity contribution in [1.82, 2.24) is 9.88 Å². The zero-order chi connectivity index (χ0) is 9.10. The fraction of sp³-hybridized carbons (Fsp3) is 0.500. The van der Waals surface area contributed by atoms with Gasteiger partial charge in [0, 0.05) is 30.7 Å². The van der Waals surface area contributed by atoms with E-state index < -0.39 is 0 Å². The third-order valence-electron chi connectivity index (χ3n) is 2.38. The molecule has 0 aromatic carbocycles. The predicted octanol–water partition coefficient (Wildman–Crippen LogP) is 1.59. The molecule has 1 aliphatic rings. The van der Waals surface area contributed by atoms with Gasteiger partial charge in [0.25, 0.3) is 0 Å². The molecule has 0 amide bonds. The van der Waals surface area contributed by atoms with E-state index in [-0.39, 0.29) is 0 Å². The number of nitrogens with zero attached hydrogens (tertiary/aromatic N) is 2. The molecule has 1 saturated heterocycles. The Bertz CT molecular complexity index is 263. The molecule has 13 heavy (non-hydrogen) atoms. The summed E-state index contributed by atoms with van der Waals surface area (Å²) in [6.07, 6.45) is 4.96. The highest BCUT2D eigenvalue weighted by Gasteiger charge is 2.18. The van der Waals surface area contributed by atoms with Gasteiger partial charge in [0.1, 0.15) is 0 Å². The molecule has 1 aromatic heterocycles. The van der Waals surface area contributed by atoms with Crippen LogP contribution in [0.3, 0.4) is 0 Å². The van der Waals surface area contributed by atoms with Crippen LogP contribution in [0.1, 0.15) is 12.0 Å². The van der Waals surface area contributed by atoms with E-state index in [1.54, 1.807) is 0 Å². The van der Waals surface area contributed by atoms with E-state index in [0.29, 0.717) is 5.25 Å². The summed E-state index contributed by atoms with van der Waals surface area (Å²) in [5.74, 6) is 0. The van der Waals surface area contributed by atoms with Gasteiger partial charge in [-0.25, -0.2) is 0 Å². The molecule has 3 heteroatoms. The average molecular weight is 194 g/mol. The molecule has 0 saturated carbocycles. The summed E-state index contributed by atoms with van der Waals surface area (Å²) in [7, 11) is 0. The highest BCUT2D eigenvalue weighted by molar-refractivity contribution is 7.81. The second-order valence-electron chi connectivity index (χ2n) is 3.54. The summed E-state index contributed by atoms with van der Waals surface area (Å²) >= 11 is 4.46. The van der Waals surface area contributed by atoms with Crippen molar-refractivity contribution in [2.45, 2.75) is 18.2 Å². The molecule has 0 bridgehead atoms. The molecule has 2 heterocycles. The van der Waals surface area contributed by atoms with Crippen LogP contribution in [-0.2, 0) is 6.54 Å². The van der Waals surface area contributed by atoms with Crippen LogP contribution >= 0.6 is 12.6 Å². The molecule has 0 spiro atoms. The van der Waals surface area contributed by atoms with Gasteiger partial charge in [0.05, 0.1) is 0 Å². The highest BCUT2D eigenvalue weighted by atomic mass is 32.1. The number of rotatable bonds is 2. The van der Waals surface area contributed by atoms with Crippen LogP contribution < -0.4 is 0 Å². The first-order valence-electron chi connectivity index (χ1n) is 4.64. The average Bonchev–Trinajstić information content (AvgIpc) is 2.53. The van der Waals surface area contributed by atoms with Crippen molar-refractivity contribution in [3.8, 4) is 0 Å². The molecular formula is C10H14N2S. The molecular weight excluding hydrogens is 180 g/mol. The van der Waals surface area contributed by atoms with Crippen molar-refractivity contribution in [3.05, 3.63) is 30.1 Å². The lowest BCUT2D eigenvalue weighted by Crippen LogP contribution is -2.20. The van der Waals surface area contributed by atoms with Gasteiger partial charge < -0.3 is 0 Å². The summed E-state index contributed by atoms with van der Waals surface area (Å²) in [4.78, 5) is 6.53. The largest absolute Gasteiger partial charge is 0.298 e. The van der Waals surface area contributed by atoms with Crippen molar-refractivity contribution >= 4 is 12.6 Å². The van der Waals surface area contributed by atoms with Gasteiger partial charge in [-0.15, -0.1) is 0 Å². The first kappa shape index (κ1) is 9.03. The maximum Gasteiger partial charge on any atom is 0.0312 e. The molecule has 1 fully saturated rings. The van der Waals surface area contributed by atoms with E-state index in [2.05, 4.69) is 28.6 Å². The number of pyridine rings is 1. The third kappa shape index (κ3) is 2.45. The van der Waals surface area contributed by atoms with Crippen LogP contribution in [-0.4, -0.2) is 28.2 Å². The molecule has 1 aromatic rings. The molecule has 2 rings (SSSR count). The second kappa shape index (κ2) is 4.11. The topological polar surface area (TPSA) is 16.1 Å². The quantitative estimate of drug-likeness (QED) is 0.720. The van der Waals surface area contributed by atoms with Crippen LogP contribution in [0.25, 0.3) is 0 Å². The van der Waals surface area contributed by atoms with Crippen molar-refractivity contribution in [2.24, 2.45) is 0 Å². The molecule has 1 unspecified atom stereocenters. The Balaban J connectivity index is 1.92. The van der Waals surface area contributed by atoms with Gasteiger partial charge in [0.2, 0.25) is 0 Å². The van der Waals surface area contributed by atoms with E-state index in [1.165, 1.54) is 18.5 Å². The molecule has 70 valence electrons. The number of thiol groups is 1. The summed E-state index contributed by atoms with van der Waals surface area (Å²) in [6, 6.07) is 4.11. The molecule has 1 atom stereocenters. The first-order valence-corrected chi connectivity index (χ1v) is 5.15. The number of likely N-dealkylation sites (tertiary alicyclic amines) is 1. The van der Waals surface area contributed by atoms with Crippen molar-refractivity contribution in [2.75, 3.05) is 13.1 Å². The molecule has 0 N–H and O–H groups in total. The summed E-state index contributed by atoms with van der Waals surface area (Å²) in [5, 5.41) is 0.566. The first-order chi connectivity index (χ1) is 6.34. The molecule has 0 radical (unpaired) electrons. The lowest BCUT2D eigenvalue weighted by atomic mass is 10.3. The normalized spacial score (nSPS) is 23.6. The zero-order valence-corrected chi connectivity index (χ0v) is 8.45. The zero-order valence-electron chi connectivity index (χ0n) is 7.56. The minimum absolute atomic E-state index is 0.566. The minimum atomic E-state index is 0.566. The summed E-state index contributed by atoms with van der Waals surface area (Å²) in [5.41, 5.74) is 1.30. The van der Waals surface area contributed by atoms with E-state index in [0.717, 1.165) is 13.1 Å². The second-order valence-corrected chi connectivity index (χ2v) is 4.27. The lowest BCUT2D eigenvalue weighted by Gasteiger charge is -2.14. The minimum Gasteiger partial charge on any atom is -0.298 e. The Morgan fingerprint density at radius 1 is 1.62 bits per heavy atom. The van der Waals surface area contributed by atoms with Crippen LogP contribution in [0.15, 0.2) is 24.5 Å². The van der Waals surface area contributed by atoms with E-state index in [9.17, 15) is 0 Å². The van der Waals surface area contributed by atoms with E-state index in [4.69, 9.17) is 0 Å². The van der Waals surface area contributed by atoms with Gasteiger partial charge in [-0.05, 0) is 24.6 Å². The predicted molar refractivity (Wildman–Crippen MR) is 56.9 cm³/mol. The maximum absolute atomic E-state index is 4.46. The molecule has 1 aliphatic heterocycles. The Morgan fingerprint density at radius 2 is 2.54 bits per heavy atom. The van der Waals surface area contributed by atoms with Crippen molar-refractivity contribution < 1.29 is 0 Å². The van der Waals surface area contributed by atoms with Gasteiger partial charge in [-0.1, -0.05) is 6.07 Å². The van der Waals surface area contributed by atoms with Gasteiger partial charge >= 0.3 is 0 Å². The smallest absolute Gasteiger partial charge is 0.0312 e. The number of hydrogen-bond donors (Lipinski definition) is 1. The molecule has 2 nitrogen and oxygen atoms in total. The van der Waals surface area contributed by atoms with Crippen LogP contribution in [0.4, 0.5) is 0 Å². The third-order valence-corrected chi connectivity index (χ3v) is 2.80. The maximum atomic E-state index is 4.46.